The fourth-order valence-electron chi connectivity index (χ4n) is 4.57. The number of benzene rings is 4. The number of halogens is 1. The maximum Gasteiger partial charge on any atom is 0.243 e. The van der Waals surface area contributed by atoms with Gasteiger partial charge in [0, 0.05) is 30.4 Å². The second-order valence-corrected chi connectivity index (χ2v) is 9.81. The summed E-state index contributed by atoms with van der Waals surface area (Å²) in [5.41, 5.74) is 3.14. The van der Waals surface area contributed by atoms with Gasteiger partial charge in [-0.05, 0) is 52.9 Å². The van der Waals surface area contributed by atoms with Crippen LogP contribution in [0.4, 0.5) is 0 Å². The molecule has 5 heteroatoms. The minimum atomic E-state index is -0.605. The van der Waals surface area contributed by atoms with Gasteiger partial charge < -0.3 is 10.2 Å². The van der Waals surface area contributed by atoms with E-state index in [1.54, 1.807) is 4.90 Å². The molecule has 0 heterocycles. The van der Waals surface area contributed by atoms with Crippen molar-refractivity contribution in [3.05, 3.63) is 118 Å². The predicted octanol–water partition coefficient (Wildman–Crippen LogP) is 6.31. The largest absolute Gasteiger partial charge is 0.355 e. The van der Waals surface area contributed by atoms with Gasteiger partial charge in [-0.15, -0.1) is 0 Å². The lowest BCUT2D eigenvalue weighted by molar-refractivity contribution is -0.141. The normalized spacial score (nSPS) is 11.7. The van der Waals surface area contributed by atoms with Crippen molar-refractivity contribution in [1.82, 2.24) is 10.2 Å². The summed E-state index contributed by atoms with van der Waals surface area (Å²) in [5.74, 6) is -0.162. The molecule has 0 unspecified atom stereocenters. The van der Waals surface area contributed by atoms with Crippen molar-refractivity contribution in [1.29, 1.82) is 0 Å². The van der Waals surface area contributed by atoms with E-state index in [1.165, 1.54) is 0 Å². The summed E-state index contributed by atoms with van der Waals surface area (Å²) in [5, 5.41) is 5.28. The molecule has 36 heavy (non-hydrogen) atoms. The second-order valence-electron chi connectivity index (χ2n) is 8.89. The van der Waals surface area contributed by atoms with E-state index in [1.807, 2.05) is 79.7 Å². The maximum atomic E-state index is 13.8. The molecule has 1 atom stereocenters. The van der Waals surface area contributed by atoms with Crippen molar-refractivity contribution in [2.75, 3.05) is 6.54 Å². The minimum Gasteiger partial charge on any atom is -0.355 e. The molecule has 4 aromatic rings. The number of nitrogens with zero attached hydrogens (tertiary/aromatic N) is 1. The smallest absolute Gasteiger partial charge is 0.243 e. The number of hydrogen-bond donors (Lipinski definition) is 1. The zero-order chi connectivity index (χ0) is 25.3. The van der Waals surface area contributed by atoms with Gasteiger partial charge in [0.15, 0.2) is 0 Å². The Bertz CT molecular complexity index is 1320. The van der Waals surface area contributed by atoms with Crippen LogP contribution in [0.25, 0.3) is 10.8 Å². The van der Waals surface area contributed by atoms with Gasteiger partial charge in [-0.1, -0.05) is 101 Å². The lowest BCUT2D eigenvalue weighted by atomic mass is 9.99. The van der Waals surface area contributed by atoms with Crippen molar-refractivity contribution < 1.29 is 9.59 Å². The van der Waals surface area contributed by atoms with Crippen LogP contribution >= 0.6 is 15.9 Å². The Labute approximate surface area is 221 Å². The Kier molecular flexibility index (Phi) is 8.90. The van der Waals surface area contributed by atoms with Crippen molar-refractivity contribution >= 4 is 38.5 Å². The molecule has 4 rings (SSSR count). The zero-order valence-corrected chi connectivity index (χ0v) is 22.1. The van der Waals surface area contributed by atoms with Crippen molar-refractivity contribution in [3.8, 4) is 0 Å². The topological polar surface area (TPSA) is 49.4 Å². The van der Waals surface area contributed by atoms with Gasteiger partial charge in [-0.3, -0.25) is 9.59 Å². The van der Waals surface area contributed by atoms with E-state index in [2.05, 4.69) is 45.5 Å². The third-order valence-corrected chi connectivity index (χ3v) is 6.85. The number of amides is 2. The molecule has 0 spiro atoms. The monoisotopic (exact) mass is 542 g/mol. The number of rotatable bonds is 10. The van der Waals surface area contributed by atoms with Crippen molar-refractivity contribution in [2.45, 2.75) is 38.8 Å². The zero-order valence-electron chi connectivity index (χ0n) is 20.5. The van der Waals surface area contributed by atoms with E-state index in [0.29, 0.717) is 32.4 Å². The summed E-state index contributed by atoms with van der Waals surface area (Å²) in [6.07, 6.45) is 1.40. The highest BCUT2D eigenvalue weighted by atomic mass is 79.9. The first-order chi connectivity index (χ1) is 17.5. The molecular formula is C31H31BrN2O2. The van der Waals surface area contributed by atoms with E-state index in [4.69, 9.17) is 0 Å². The first-order valence-corrected chi connectivity index (χ1v) is 13.2. The highest BCUT2D eigenvalue weighted by Crippen LogP contribution is 2.22. The van der Waals surface area contributed by atoms with Gasteiger partial charge in [0.25, 0.3) is 0 Å². The molecule has 0 aromatic heterocycles. The van der Waals surface area contributed by atoms with Crippen LogP contribution in [0.2, 0.25) is 0 Å². The quantitative estimate of drug-likeness (QED) is 0.255. The molecule has 0 radical (unpaired) electrons. The lowest BCUT2D eigenvalue weighted by Crippen LogP contribution is -2.50. The molecular weight excluding hydrogens is 512 g/mol. The minimum absolute atomic E-state index is 0.0323. The Hall–Kier alpha value is -3.44. The molecule has 0 bridgehead atoms. The van der Waals surface area contributed by atoms with Gasteiger partial charge in [-0.2, -0.15) is 0 Å². The summed E-state index contributed by atoms with van der Waals surface area (Å²) >= 11 is 3.54. The van der Waals surface area contributed by atoms with Gasteiger partial charge in [-0.25, -0.2) is 0 Å². The molecule has 2 amide bonds. The van der Waals surface area contributed by atoms with Crippen LogP contribution in [0.5, 0.6) is 0 Å². The third kappa shape index (κ3) is 6.61. The molecule has 1 N–H and O–H groups in total. The first kappa shape index (κ1) is 25.6. The molecule has 0 fully saturated rings. The fraction of sp³-hybridized carbons (Fsp3) is 0.226. The summed E-state index contributed by atoms with van der Waals surface area (Å²) in [6, 6.07) is 31.6. The van der Waals surface area contributed by atoms with E-state index < -0.39 is 6.04 Å². The average Bonchev–Trinajstić information content (AvgIpc) is 2.90. The van der Waals surface area contributed by atoms with E-state index in [9.17, 15) is 9.59 Å². The van der Waals surface area contributed by atoms with E-state index in [-0.39, 0.29) is 11.8 Å². The van der Waals surface area contributed by atoms with Gasteiger partial charge in [0.1, 0.15) is 6.04 Å². The fourth-order valence-corrected chi connectivity index (χ4v) is 5.02. The van der Waals surface area contributed by atoms with E-state index in [0.717, 1.165) is 31.9 Å². The number of fused-ring (bicyclic) bond motifs is 1. The predicted molar refractivity (Wildman–Crippen MR) is 150 cm³/mol. The molecule has 184 valence electrons. The van der Waals surface area contributed by atoms with Gasteiger partial charge in [0.05, 0.1) is 0 Å². The molecule has 0 aliphatic rings. The summed E-state index contributed by atoms with van der Waals surface area (Å²) in [6.45, 7) is 2.78. The Morgan fingerprint density at radius 1 is 0.861 bits per heavy atom. The molecule has 0 saturated heterocycles. The second kappa shape index (κ2) is 12.5. The summed E-state index contributed by atoms with van der Waals surface area (Å²) < 4.78 is 0.945. The van der Waals surface area contributed by atoms with E-state index >= 15 is 0 Å². The standard InChI is InChI=1S/C31H31BrN2O2/c1-2-33-31(36)29(21-23-10-4-3-5-11-23)34(22-24-12-8-16-27(32)20-24)30(35)19-18-26-15-9-14-25-13-6-7-17-28(25)26/h3-17,20,29H,2,18-19,21-22H2,1H3,(H,33,36)/t29-/m1/s1. The molecule has 0 saturated carbocycles. The molecule has 0 aliphatic heterocycles. The maximum absolute atomic E-state index is 13.8. The first-order valence-electron chi connectivity index (χ1n) is 12.4. The van der Waals surface area contributed by atoms with Crippen LogP contribution in [0.1, 0.15) is 30.0 Å². The molecule has 4 aromatic carbocycles. The SMILES string of the molecule is CCNC(=O)[C@@H](Cc1ccccc1)N(Cc1cccc(Br)c1)C(=O)CCc1cccc2ccccc12. The van der Waals surface area contributed by atoms with Gasteiger partial charge in [0.2, 0.25) is 11.8 Å². The molecule has 4 nitrogen and oxygen atoms in total. The van der Waals surface area contributed by atoms with Crippen LogP contribution in [0.15, 0.2) is 102 Å². The van der Waals surface area contributed by atoms with Gasteiger partial charge >= 0.3 is 0 Å². The average molecular weight is 544 g/mol. The number of carbonyl (C=O) groups excluding carboxylic acids is 2. The highest BCUT2D eigenvalue weighted by Gasteiger charge is 2.30. The summed E-state index contributed by atoms with van der Waals surface area (Å²) in [4.78, 5) is 28.9. The molecule has 0 aliphatic carbocycles. The highest BCUT2D eigenvalue weighted by molar-refractivity contribution is 9.10. The van der Waals surface area contributed by atoms with Crippen LogP contribution < -0.4 is 5.32 Å². The number of nitrogens with one attached hydrogen (secondary N) is 1. The van der Waals surface area contributed by atoms with Crippen LogP contribution in [-0.4, -0.2) is 29.3 Å². The lowest BCUT2D eigenvalue weighted by Gasteiger charge is -2.31. The number of likely N-dealkylation sites (N-methyl/N-ethyl adjacent to an activating group) is 1. The van der Waals surface area contributed by atoms with Crippen molar-refractivity contribution in [3.63, 3.8) is 0 Å². The number of aryl methyl sites for hydroxylation is 1. The van der Waals surface area contributed by atoms with Crippen LogP contribution in [0.3, 0.4) is 0 Å². The Balaban J connectivity index is 1.63. The Morgan fingerprint density at radius 3 is 2.33 bits per heavy atom. The number of hydrogen-bond acceptors (Lipinski definition) is 2. The third-order valence-electron chi connectivity index (χ3n) is 6.35. The number of carbonyl (C=O) groups is 2. The van der Waals surface area contributed by atoms with Crippen molar-refractivity contribution in [2.24, 2.45) is 0 Å². The Morgan fingerprint density at radius 2 is 1.56 bits per heavy atom. The van der Waals surface area contributed by atoms with Crippen LogP contribution in [-0.2, 0) is 29.0 Å². The summed E-state index contributed by atoms with van der Waals surface area (Å²) in [7, 11) is 0. The van der Waals surface area contributed by atoms with Crippen LogP contribution in [0, 0.1) is 0 Å².